The molecule has 0 spiro atoms. The van der Waals surface area contributed by atoms with E-state index in [-0.39, 0.29) is 0 Å². The Labute approximate surface area is 157 Å². The summed E-state index contributed by atoms with van der Waals surface area (Å²) in [5.74, 6) is 0.644. The number of hydrogen-bond acceptors (Lipinski definition) is 6. The van der Waals surface area contributed by atoms with Gasteiger partial charge in [-0.3, -0.25) is 4.98 Å². The molecule has 3 rings (SSSR count). The molecule has 0 unspecified atom stereocenters. The fraction of sp³-hybridized carbons (Fsp3) is 0.200. The Balaban J connectivity index is 1.88. The lowest BCUT2D eigenvalue weighted by atomic mass is 10.1. The second kappa shape index (κ2) is 7.82. The van der Waals surface area contributed by atoms with Gasteiger partial charge in [0.25, 0.3) is 0 Å². The van der Waals surface area contributed by atoms with Crippen LogP contribution in [0.5, 0.6) is 0 Å². The van der Waals surface area contributed by atoms with Crippen LogP contribution in [0, 0.1) is 0 Å². The highest BCUT2D eigenvalue weighted by Gasteiger charge is 2.23. The molecule has 7 heteroatoms. The van der Waals surface area contributed by atoms with Crippen molar-refractivity contribution < 1.29 is 13.9 Å². The highest BCUT2D eigenvalue weighted by atomic mass is 16.6. The first-order chi connectivity index (χ1) is 12.9. The van der Waals surface area contributed by atoms with E-state index < -0.39 is 11.7 Å². The molecule has 0 fully saturated rings. The molecule has 0 aliphatic heterocycles. The zero-order valence-electron chi connectivity index (χ0n) is 15.4. The second-order valence-corrected chi connectivity index (χ2v) is 6.73. The molecule has 0 N–H and O–H groups in total. The van der Waals surface area contributed by atoms with Crippen molar-refractivity contribution in [3.63, 3.8) is 0 Å². The van der Waals surface area contributed by atoms with Crippen LogP contribution in [0.4, 0.5) is 10.5 Å². The van der Waals surface area contributed by atoms with Crippen LogP contribution in [0.1, 0.15) is 26.3 Å². The zero-order valence-corrected chi connectivity index (χ0v) is 15.4. The Hall–Kier alpha value is -3.48. The number of carbonyl (C=O) groups excluding carboxylic acids is 1. The van der Waals surface area contributed by atoms with Crippen molar-refractivity contribution in [2.75, 3.05) is 5.01 Å². The fourth-order valence-corrected chi connectivity index (χ4v) is 2.22. The molecule has 27 heavy (non-hydrogen) atoms. The molecule has 0 atom stereocenters. The molecular formula is C20H20N4O3. The van der Waals surface area contributed by atoms with Gasteiger partial charge >= 0.3 is 6.09 Å². The lowest BCUT2D eigenvalue weighted by Gasteiger charge is -2.24. The average molecular weight is 364 g/mol. The van der Waals surface area contributed by atoms with Crippen LogP contribution in [0.25, 0.3) is 11.3 Å². The van der Waals surface area contributed by atoms with E-state index in [2.05, 4.69) is 15.1 Å². The molecule has 138 valence electrons. The standard InChI is InChI=1S/C20H20N4O3/c1-20(2,3)27-19(25)24(23-12-15-8-10-21-11-9-15)17-6-4-16(5-7-17)18-13-22-14-26-18/h4-14H,1-3H3/b23-12+. The molecule has 0 aliphatic carbocycles. The van der Waals surface area contributed by atoms with E-state index in [1.54, 1.807) is 49.1 Å². The molecule has 0 aliphatic rings. The number of carbonyl (C=O) groups is 1. The third-order valence-corrected chi connectivity index (χ3v) is 3.42. The van der Waals surface area contributed by atoms with Gasteiger partial charge in [-0.1, -0.05) is 0 Å². The molecule has 0 bridgehead atoms. The number of oxazole rings is 1. The zero-order chi connectivity index (χ0) is 19.3. The third-order valence-electron chi connectivity index (χ3n) is 3.42. The lowest BCUT2D eigenvalue weighted by Crippen LogP contribution is -2.33. The number of hydrazone groups is 1. The third kappa shape index (κ3) is 5.01. The van der Waals surface area contributed by atoms with Gasteiger partial charge in [0.2, 0.25) is 0 Å². The number of nitrogens with zero attached hydrogens (tertiary/aromatic N) is 4. The number of benzene rings is 1. The van der Waals surface area contributed by atoms with E-state index in [4.69, 9.17) is 9.15 Å². The monoisotopic (exact) mass is 364 g/mol. The van der Waals surface area contributed by atoms with Gasteiger partial charge in [0.05, 0.1) is 18.1 Å². The summed E-state index contributed by atoms with van der Waals surface area (Å²) < 4.78 is 10.8. The lowest BCUT2D eigenvalue weighted by molar-refractivity contribution is 0.0581. The number of pyridine rings is 1. The van der Waals surface area contributed by atoms with Crippen molar-refractivity contribution in [3.8, 4) is 11.3 Å². The van der Waals surface area contributed by atoms with Crippen LogP contribution in [-0.2, 0) is 4.74 Å². The Morgan fingerprint density at radius 2 is 1.81 bits per heavy atom. The summed E-state index contributed by atoms with van der Waals surface area (Å²) in [6.07, 6.45) is 7.32. The maximum Gasteiger partial charge on any atom is 0.435 e. The van der Waals surface area contributed by atoms with Gasteiger partial charge in [0.15, 0.2) is 12.2 Å². The van der Waals surface area contributed by atoms with E-state index in [0.717, 1.165) is 11.1 Å². The maximum atomic E-state index is 12.6. The van der Waals surface area contributed by atoms with Gasteiger partial charge in [0, 0.05) is 18.0 Å². The smallest absolute Gasteiger partial charge is 0.435 e. The SMILES string of the molecule is CC(C)(C)OC(=O)N(/N=C/c1ccncc1)c1ccc(-c2cnco2)cc1. The van der Waals surface area contributed by atoms with E-state index in [1.165, 1.54) is 11.4 Å². The van der Waals surface area contributed by atoms with Crippen LogP contribution in [-0.4, -0.2) is 27.9 Å². The molecule has 3 aromatic rings. The van der Waals surface area contributed by atoms with E-state index in [9.17, 15) is 4.79 Å². The average Bonchev–Trinajstić information content (AvgIpc) is 3.16. The quantitative estimate of drug-likeness (QED) is 0.502. The number of aromatic nitrogens is 2. The number of rotatable bonds is 4. The highest BCUT2D eigenvalue weighted by Crippen LogP contribution is 2.24. The van der Waals surface area contributed by atoms with Crippen molar-refractivity contribution >= 4 is 18.0 Å². The van der Waals surface area contributed by atoms with Gasteiger partial charge in [-0.05, 0) is 62.7 Å². The summed E-state index contributed by atoms with van der Waals surface area (Å²) in [4.78, 5) is 20.5. The maximum absolute atomic E-state index is 12.6. The molecule has 7 nitrogen and oxygen atoms in total. The Morgan fingerprint density at radius 1 is 1.11 bits per heavy atom. The normalized spacial score (nSPS) is 11.5. The topological polar surface area (TPSA) is 80.8 Å². The van der Waals surface area contributed by atoms with Crippen molar-refractivity contribution in [1.82, 2.24) is 9.97 Å². The van der Waals surface area contributed by atoms with Crippen molar-refractivity contribution in [1.29, 1.82) is 0 Å². The number of anilines is 1. The molecule has 0 saturated carbocycles. The molecule has 1 aromatic carbocycles. The van der Waals surface area contributed by atoms with Gasteiger partial charge in [-0.25, -0.2) is 9.78 Å². The Kier molecular flexibility index (Phi) is 5.30. The van der Waals surface area contributed by atoms with Crippen molar-refractivity contribution in [2.45, 2.75) is 26.4 Å². The summed E-state index contributed by atoms with van der Waals surface area (Å²) >= 11 is 0. The van der Waals surface area contributed by atoms with Crippen LogP contribution in [0.3, 0.4) is 0 Å². The Bertz CT molecular complexity index is 899. The van der Waals surface area contributed by atoms with Gasteiger partial charge < -0.3 is 9.15 Å². The summed E-state index contributed by atoms with van der Waals surface area (Å²) in [6, 6.07) is 10.8. The molecular weight excluding hydrogens is 344 g/mol. The van der Waals surface area contributed by atoms with E-state index >= 15 is 0 Å². The number of ether oxygens (including phenoxy) is 1. The largest absolute Gasteiger partial charge is 0.444 e. The molecule has 1 amide bonds. The van der Waals surface area contributed by atoms with Gasteiger partial charge in [-0.15, -0.1) is 0 Å². The second-order valence-electron chi connectivity index (χ2n) is 6.73. The predicted molar refractivity (Wildman–Crippen MR) is 102 cm³/mol. The first-order valence-corrected chi connectivity index (χ1v) is 8.38. The minimum atomic E-state index is -0.638. The van der Waals surface area contributed by atoms with Crippen molar-refractivity contribution in [3.05, 3.63) is 66.9 Å². The summed E-state index contributed by atoms with van der Waals surface area (Å²) in [7, 11) is 0. The minimum Gasteiger partial charge on any atom is -0.444 e. The van der Waals surface area contributed by atoms with Crippen LogP contribution in [0.15, 0.2) is 70.9 Å². The predicted octanol–water partition coefficient (Wildman–Crippen LogP) is 4.51. The highest BCUT2D eigenvalue weighted by molar-refractivity contribution is 5.91. The van der Waals surface area contributed by atoms with Crippen LogP contribution >= 0.6 is 0 Å². The van der Waals surface area contributed by atoms with Crippen molar-refractivity contribution in [2.24, 2.45) is 5.10 Å². The molecule has 0 radical (unpaired) electrons. The van der Waals surface area contributed by atoms with E-state index in [0.29, 0.717) is 11.4 Å². The molecule has 2 heterocycles. The van der Waals surface area contributed by atoms with Gasteiger partial charge in [0.1, 0.15) is 5.60 Å². The summed E-state index contributed by atoms with van der Waals surface area (Å²) in [6.45, 7) is 5.42. The summed E-state index contributed by atoms with van der Waals surface area (Å²) in [5, 5.41) is 5.53. The summed E-state index contributed by atoms with van der Waals surface area (Å²) in [5.41, 5.74) is 1.59. The number of hydrogen-bond donors (Lipinski definition) is 0. The molecule has 2 aromatic heterocycles. The van der Waals surface area contributed by atoms with Crippen LogP contribution in [0.2, 0.25) is 0 Å². The van der Waals surface area contributed by atoms with Crippen LogP contribution < -0.4 is 5.01 Å². The minimum absolute atomic E-state index is 0.567. The van der Waals surface area contributed by atoms with Gasteiger partial charge in [-0.2, -0.15) is 10.1 Å². The molecule has 0 saturated heterocycles. The first kappa shape index (κ1) is 18.3. The first-order valence-electron chi connectivity index (χ1n) is 8.38. The Morgan fingerprint density at radius 3 is 2.41 bits per heavy atom. The fourth-order valence-electron chi connectivity index (χ4n) is 2.22. The van der Waals surface area contributed by atoms with E-state index in [1.807, 2.05) is 32.9 Å². The number of amides is 1.